The first-order valence-electron chi connectivity index (χ1n) is 7.95. The Kier molecular flexibility index (Phi) is 5.70. The molecule has 0 aliphatic carbocycles. The summed E-state index contributed by atoms with van der Waals surface area (Å²) in [5.74, 6) is 1.84. The molecule has 1 aromatic carbocycles. The molecule has 134 valence electrons. The second kappa shape index (κ2) is 8.35. The summed E-state index contributed by atoms with van der Waals surface area (Å²) < 4.78 is 10.6. The van der Waals surface area contributed by atoms with Crippen LogP contribution in [0.2, 0.25) is 0 Å². The van der Waals surface area contributed by atoms with Crippen molar-refractivity contribution in [2.75, 3.05) is 24.9 Å². The maximum atomic E-state index is 12.0. The number of pyridine rings is 1. The third-order valence-electron chi connectivity index (χ3n) is 3.63. The van der Waals surface area contributed by atoms with Gasteiger partial charge < -0.3 is 20.1 Å². The molecule has 0 fully saturated rings. The highest BCUT2D eigenvalue weighted by Crippen LogP contribution is 2.31. The number of methoxy groups -OCH3 is 2. The van der Waals surface area contributed by atoms with E-state index in [-0.39, 0.29) is 5.91 Å². The van der Waals surface area contributed by atoms with E-state index in [1.807, 2.05) is 41.8 Å². The maximum absolute atomic E-state index is 12.0. The van der Waals surface area contributed by atoms with Crippen LogP contribution in [0.3, 0.4) is 0 Å². The summed E-state index contributed by atoms with van der Waals surface area (Å²) in [6.07, 6.45) is 2.00. The lowest BCUT2D eigenvalue weighted by Gasteiger charge is -2.13. The molecule has 0 atom stereocenters. The zero-order chi connectivity index (χ0) is 18.4. The Bertz CT molecular complexity index is 864. The third-order valence-corrected chi connectivity index (χ3v) is 4.51. The summed E-state index contributed by atoms with van der Waals surface area (Å²) in [4.78, 5) is 17.3. The van der Waals surface area contributed by atoms with Gasteiger partial charge in [-0.15, -0.1) is 11.3 Å². The normalized spacial score (nSPS) is 10.2. The molecular weight excluding hydrogens is 350 g/mol. The number of hydrogen-bond donors (Lipinski definition) is 2. The van der Waals surface area contributed by atoms with Gasteiger partial charge in [0.05, 0.1) is 38.2 Å². The highest BCUT2D eigenvalue weighted by Gasteiger charge is 2.08. The molecule has 0 radical (unpaired) electrons. The summed E-state index contributed by atoms with van der Waals surface area (Å²) in [6.45, 7) is 0. The van der Waals surface area contributed by atoms with Gasteiger partial charge in [0.2, 0.25) is 5.91 Å². The molecule has 0 saturated carbocycles. The lowest BCUT2D eigenvalue weighted by atomic mass is 10.2. The summed E-state index contributed by atoms with van der Waals surface area (Å²) in [6, 6.07) is 13.0. The van der Waals surface area contributed by atoms with Crippen molar-refractivity contribution in [3.63, 3.8) is 0 Å². The minimum Gasteiger partial charge on any atom is -0.497 e. The van der Waals surface area contributed by atoms with Crippen LogP contribution in [0.25, 0.3) is 0 Å². The van der Waals surface area contributed by atoms with E-state index in [0.29, 0.717) is 18.0 Å². The van der Waals surface area contributed by atoms with Crippen molar-refractivity contribution >= 4 is 34.4 Å². The molecule has 0 spiro atoms. The van der Waals surface area contributed by atoms with Gasteiger partial charge in [-0.1, -0.05) is 6.07 Å². The minimum absolute atomic E-state index is 0.0878. The fourth-order valence-corrected chi connectivity index (χ4v) is 3.07. The molecule has 0 aliphatic rings. The van der Waals surface area contributed by atoms with Crippen LogP contribution in [0.1, 0.15) is 4.88 Å². The molecule has 7 heteroatoms. The van der Waals surface area contributed by atoms with Gasteiger partial charge in [0, 0.05) is 10.9 Å². The van der Waals surface area contributed by atoms with Gasteiger partial charge in [0.15, 0.2) is 0 Å². The number of amides is 1. The molecule has 0 bridgehead atoms. The molecule has 2 aromatic heterocycles. The smallest absolute Gasteiger partial charge is 0.230 e. The Morgan fingerprint density at radius 2 is 2.04 bits per heavy atom. The first-order chi connectivity index (χ1) is 12.7. The van der Waals surface area contributed by atoms with Gasteiger partial charge in [0.25, 0.3) is 0 Å². The van der Waals surface area contributed by atoms with Gasteiger partial charge in [-0.2, -0.15) is 0 Å². The predicted molar refractivity (Wildman–Crippen MR) is 104 cm³/mol. The summed E-state index contributed by atoms with van der Waals surface area (Å²) in [7, 11) is 3.22. The molecule has 0 unspecified atom stereocenters. The number of rotatable bonds is 7. The molecule has 6 nitrogen and oxygen atoms in total. The van der Waals surface area contributed by atoms with E-state index in [2.05, 4.69) is 15.6 Å². The minimum atomic E-state index is -0.0878. The number of nitrogens with zero attached hydrogens (tertiary/aromatic N) is 1. The standard InChI is InChI=1S/C19H19N3O3S/c1-24-14-6-7-17(25-2)16(10-14)21-13-5-8-18(20-12-13)22-19(23)11-15-4-3-9-26-15/h3-10,12,21H,11H2,1-2H3,(H,20,22,23). The van der Waals surface area contributed by atoms with Crippen LogP contribution in [-0.2, 0) is 11.2 Å². The second-order valence-electron chi connectivity index (χ2n) is 5.43. The van der Waals surface area contributed by atoms with Crippen LogP contribution in [0.15, 0.2) is 54.0 Å². The molecule has 0 aliphatic heterocycles. The lowest BCUT2D eigenvalue weighted by Crippen LogP contribution is -2.14. The largest absolute Gasteiger partial charge is 0.497 e. The van der Waals surface area contributed by atoms with Crippen molar-refractivity contribution < 1.29 is 14.3 Å². The van der Waals surface area contributed by atoms with E-state index in [1.54, 1.807) is 37.8 Å². The Morgan fingerprint density at radius 3 is 2.69 bits per heavy atom. The van der Waals surface area contributed by atoms with Crippen LogP contribution in [-0.4, -0.2) is 25.1 Å². The van der Waals surface area contributed by atoms with Gasteiger partial charge in [0.1, 0.15) is 17.3 Å². The number of ether oxygens (including phenoxy) is 2. The van der Waals surface area contributed by atoms with E-state index in [4.69, 9.17) is 9.47 Å². The highest BCUT2D eigenvalue weighted by molar-refractivity contribution is 7.10. The topological polar surface area (TPSA) is 72.5 Å². The first kappa shape index (κ1) is 17.8. The molecule has 1 amide bonds. The average Bonchev–Trinajstić information content (AvgIpc) is 3.16. The van der Waals surface area contributed by atoms with E-state index >= 15 is 0 Å². The van der Waals surface area contributed by atoms with Crippen molar-refractivity contribution in [1.82, 2.24) is 4.98 Å². The predicted octanol–water partition coefficient (Wildman–Crippen LogP) is 4.09. The molecular formula is C19H19N3O3S. The number of benzene rings is 1. The molecule has 2 N–H and O–H groups in total. The Morgan fingerprint density at radius 1 is 1.15 bits per heavy atom. The molecule has 3 aromatic rings. The Labute approximate surface area is 155 Å². The van der Waals surface area contributed by atoms with Crippen LogP contribution in [0.4, 0.5) is 17.2 Å². The van der Waals surface area contributed by atoms with Crippen molar-refractivity contribution in [3.05, 3.63) is 58.9 Å². The van der Waals surface area contributed by atoms with Crippen LogP contribution in [0.5, 0.6) is 11.5 Å². The van der Waals surface area contributed by atoms with Crippen LogP contribution < -0.4 is 20.1 Å². The quantitative estimate of drug-likeness (QED) is 0.656. The second-order valence-corrected chi connectivity index (χ2v) is 6.46. The van der Waals surface area contributed by atoms with Gasteiger partial charge in [-0.25, -0.2) is 4.98 Å². The van der Waals surface area contributed by atoms with E-state index < -0.39 is 0 Å². The third kappa shape index (κ3) is 4.52. The van der Waals surface area contributed by atoms with E-state index in [1.165, 1.54) is 0 Å². The molecule has 0 saturated heterocycles. The number of anilines is 3. The molecule has 3 rings (SSSR count). The highest BCUT2D eigenvalue weighted by atomic mass is 32.1. The number of nitrogens with one attached hydrogen (secondary N) is 2. The summed E-state index contributed by atoms with van der Waals surface area (Å²) >= 11 is 1.56. The zero-order valence-electron chi connectivity index (χ0n) is 14.5. The summed E-state index contributed by atoms with van der Waals surface area (Å²) in [5, 5.41) is 7.99. The van der Waals surface area contributed by atoms with Crippen molar-refractivity contribution in [2.24, 2.45) is 0 Å². The van der Waals surface area contributed by atoms with Gasteiger partial charge >= 0.3 is 0 Å². The number of thiophene rings is 1. The average molecular weight is 369 g/mol. The lowest BCUT2D eigenvalue weighted by molar-refractivity contribution is -0.115. The number of carbonyl (C=O) groups excluding carboxylic acids is 1. The maximum Gasteiger partial charge on any atom is 0.230 e. The molecule has 2 heterocycles. The fourth-order valence-electron chi connectivity index (χ4n) is 2.37. The number of hydrogen-bond acceptors (Lipinski definition) is 6. The van der Waals surface area contributed by atoms with E-state index in [9.17, 15) is 4.79 Å². The fraction of sp³-hybridized carbons (Fsp3) is 0.158. The Balaban J connectivity index is 1.65. The zero-order valence-corrected chi connectivity index (χ0v) is 15.3. The van der Waals surface area contributed by atoms with Crippen molar-refractivity contribution in [3.8, 4) is 11.5 Å². The van der Waals surface area contributed by atoms with Gasteiger partial charge in [-0.3, -0.25) is 4.79 Å². The molecule has 26 heavy (non-hydrogen) atoms. The number of aromatic nitrogens is 1. The monoisotopic (exact) mass is 369 g/mol. The van der Waals surface area contributed by atoms with Crippen LogP contribution in [0, 0.1) is 0 Å². The first-order valence-corrected chi connectivity index (χ1v) is 8.83. The van der Waals surface area contributed by atoms with Gasteiger partial charge in [-0.05, 0) is 35.7 Å². The number of carbonyl (C=O) groups is 1. The van der Waals surface area contributed by atoms with E-state index in [0.717, 1.165) is 22.0 Å². The van der Waals surface area contributed by atoms with Crippen molar-refractivity contribution in [1.29, 1.82) is 0 Å². The SMILES string of the molecule is COc1ccc(OC)c(Nc2ccc(NC(=O)Cc3cccs3)nc2)c1. The Hall–Kier alpha value is -3.06. The van der Waals surface area contributed by atoms with Crippen LogP contribution >= 0.6 is 11.3 Å². The summed E-state index contributed by atoms with van der Waals surface area (Å²) in [5.41, 5.74) is 1.54. The van der Waals surface area contributed by atoms with Crippen molar-refractivity contribution in [2.45, 2.75) is 6.42 Å².